The first kappa shape index (κ1) is 11.4. The Balaban J connectivity index is 2.19. The molecule has 0 saturated carbocycles. The van der Waals surface area contributed by atoms with E-state index in [4.69, 9.17) is 4.74 Å². The Bertz CT molecular complexity index is 534. The highest BCUT2D eigenvalue weighted by Crippen LogP contribution is 2.19. The fourth-order valence-electron chi connectivity index (χ4n) is 1.69. The number of carbonyl (C=O) groups is 1. The van der Waals surface area contributed by atoms with Crippen LogP contribution in [0.3, 0.4) is 0 Å². The van der Waals surface area contributed by atoms with Crippen LogP contribution in [0.15, 0.2) is 24.5 Å². The molecule has 0 aliphatic carbocycles. The predicted octanol–water partition coefficient (Wildman–Crippen LogP) is 1.18. The molecular weight excluding hydrogens is 218 g/mol. The van der Waals surface area contributed by atoms with E-state index in [1.165, 1.54) is 6.92 Å². The zero-order chi connectivity index (χ0) is 12.3. The predicted molar refractivity (Wildman–Crippen MR) is 65.0 cm³/mol. The van der Waals surface area contributed by atoms with Gasteiger partial charge in [-0.3, -0.25) is 4.79 Å². The maximum absolute atomic E-state index is 10.8. The number of nitrogens with zero attached hydrogens (tertiary/aromatic N) is 2. The summed E-state index contributed by atoms with van der Waals surface area (Å²) < 4.78 is 7.17. The van der Waals surface area contributed by atoms with Gasteiger partial charge in [0.15, 0.2) is 0 Å². The fourth-order valence-corrected chi connectivity index (χ4v) is 1.69. The number of benzene rings is 1. The van der Waals surface area contributed by atoms with Gasteiger partial charge < -0.3 is 14.6 Å². The lowest BCUT2D eigenvalue weighted by Gasteiger charge is -2.05. The molecular formula is C12H15N3O2. The number of hydrogen-bond acceptors (Lipinski definition) is 3. The van der Waals surface area contributed by atoms with Gasteiger partial charge in [-0.15, -0.1) is 0 Å². The molecule has 1 amide bonds. The third-order valence-corrected chi connectivity index (χ3v) is 2.55. The lowest BCUT2D eigenvalue weighted by atomic mass is 10.3. The first-order chi connectivity index (χ1) is 8.20. The van der Waals surface area contributed by atoms with Gasteiger partial charge >= 0.3 is 0 Å². The van der Waals surface area contributed by atoms with Crippen molar-refractivity contribution in [1.82, 2.24) is 14.9 Å². The molecule has 0 unspecified atom stereocenters. The van der Waals surface area contributed by atoms with Crippen molar-refractivity contribution in [2.24, 2.45) is 0 Å². The zero-order valence-electron chi connectivity index (χ0n) is 9.93. The summed E-state index contributed by atoms with van der Waals surface area (Å²) in [6.07, 6.45) is 1.77. The van der Waals surface area contributed by atoms with E-state index in [1.54, 1.807) is 13.4 Å². The first-order valence-corrected chi connectivity index (χ1v) is 5.44. The molecule has 0 spiro atoms. The van der Waals surface area contributed by atoms with Gasteiger partial charge in [-0.1, -0.05) is 0 Å². The third kappa shape index (κ3) is 2.55. The second-order valence-electron chi connectivity index (χ2n) is 3.78. The van der Waals surface area contributed by atoms with Crippen LogP contribution in [-0.2, 0) is 11.3 Å². The number of amides is 1. The van der Waals surface area contributed by atoms with Crippen molar-refractivity contribution < 1.29 is 9.53 Å². The SMILES string of the molecule is COc1ccc2ncn(CCNC(C)=O)c2c1. The number of ether oxygens (including phenoxy) is 1. The fraction of sp³-hybridized carbons (Fsp3) is 0.333. The van der Waals surface area contributed by atoms with Gasteiger partial charge in [-0.05, 0) is 12.1 Å². The summed E-state index contributed by atoms with van der Waals surface area (Å²) in [7, 11) is 1.64. The Labute approximate surface area is 99.4 Å². The molecule has 90 valence electrons. The molecule has 1 aromatic heterocycles. The summed E-state index contributed by atoms with van der Waals surface area (Å²) in [4.78, 5) is 15.1. The molecule has 1 N–H and O–H groups in total. The van der Waals surface area contributed by atoms with Gasteiger partial charge in [0, 0.05) is 26.1 Å². The van der Waals surface area contributed by atoms with Crippen molar-refractivity contribution in [2.75, 3.05) is 13.7 Å². The normalized spacial score (nSPS) is 10.5. The maximum Gasteiger partial charge on any atom is 0.216 e. The number of fused-ring (bicyclic) bond motifs is 1. The summed E-state index contributed by atoms with van der Waals surface area (Å²) in [5, 5.41) is 2.76. The molecule has 0 atom stereocenters. The highest BCUT2D eigenvalue weighted by Gasteiger charge is 2.03. The van der Waals surface area contributed by atoms with Gasteiger partial charge in [-0.25, -0.2) is 4.98 Å². The van der Waals surface area contributed by atoms with Crippen LogP contribution in [0, 0.1) is 0 Å². The zero-order valence-corrected chi connectivity index (χ0v) is 9.93. The van der Waals surface area contributed by atoms with Crippen molar-refractivity contribution in [3.63, 3.8) is 0 Å². The van der Waals surface area contributed by atoms with Gasteiger partial charge in [0.2, 0.25) is 5.91 Å². The summed E-state index contributed by atoms with van der Waals surface area (Å²) in [6, 6.07) is 5.74. The molecule has 17 heavy (non-hydrogen) atoms. The Morgan fingerprint density at radius 2 is 2.35 bits per heavy atom. The van der Waals surface area contributed by atoms with E-state index in [0.717, 1.165) is 16.8 Å². The summed E-state index contributed by atoms with van der Waals surface area (Å²) in [5.74, 6) is 0.783. The minimum absolute atomic E-state index is 0.0213. The van der Waals surface area contributed by atoms with E-state index in [2.05, 4.69) is 10.3 Å². The number of rotatable bonds is 4. The average Bonchev–Trinajstić information content (AvgIpc) is 2.71. The van der Waals surface area contributed by atoms with Crippen LogP contribution < -0.4 is 10.1 Å². The monoisotopic (exact) mass is 233 g/mol. The van der Waals surface area contributed by atoms with E-state index in [0.29, 0.717) is 13.1 Å². The number of nitrogens with one attached hydrogen (secondary N) is 1. The molecule has 1 heterocycles. The quantitative estimate of drug-likeness (QED) is 0.862. The van der Waals surface area contributed by atoms with Crippen LogP contribution in [0.1, 0.15) is 6.92 Å². The number of methoxy groups -OCH3 is 1. The van der Waals surface area contributed by atoms with Crippen molar-refractivity contribution in [1.29, 1.82) is 0 Å². The maximum atomic E-state index is 10.8. The minimum atomic E-state index is -0.0213. The molecule has 2 aromatic rings. The average molecular weight is 233 g/mol. The number of imidazole rings is 1. The molecule has 0 aliphatic heterocycles. The number of carbonyl (C=O) groups excluding carboxylic acids is 1. The lowest BCUT2D eigenvalue weighted by molar-refractivity contribution is -0.118. The van der Waals surface area contributed by atoms with Crippen molar-refractivity contribution in [3.8, 4) is 5.75 Å². The summed E-state index contributed by atoms with van der Waals surface area (Å²) in [5.41, 5.74) is 1.93. The van der Waals surface area contributed by atoms with Crippen LogP contribution >= 0.6 is 0 Å². The van der Waals surface area contributed by atoms with Crippen LogP contribution in [0.2, 0.25) is 0 Å². The lowest BCUT2D eigenvalue weighted by Crippen LogP contribution is -2.24. The Kier molecular flexibility index (Phi) is 3.27. The van der Waals surface area contributed by atoms with Crippen LogP contribution in [0.25, 0.3) is 11.0 Å². The molecule has 1 aromatic carbocycles. The van der Waals surface area contributed by atoms with Gasteiger partial charge in [-0.2, -0.15) is 0 Å². The Hall–Kier alpha value is -2.04. The smallest absolute Gasteiger partial charge is 0.216 e. The number of hydrogen-bond donors (Lipinski definition) is 1. The van der Waals surface area contributed by atoms with Crippen LogP contribution in [0.5, 0.6) is 5.75 Å². The molecule has 2 rings (SSSR count). The van der Waals surface area contributed by atoms with E-state index in [1.807, 2.05) is 22.8 Å². The van der Waals surface area contributed by atoms with Crippen molar-refractivity contribution >= 4 is 16.9 Å². The van der Waals surface area contributed by atoms with Crippen molar-refractivity contribution in [2.45, 2.75) is 13.5 Å². The third-order valence-electron chi connectivity index (χ3n) is 2.55. The van der Waals surface area contributed by atoms with Gasteiger partial charge in [0.25, 0.3) is 0 Å². The Morgan fingerprint density at radius 3 is 3.06 bits per heavy atom. The molecule has 0 fully saturated rings. The molecule has 5 nitrogen and oxygen atoms in total. The first-order valence-electron chi connectivity index (χ1n) is 5.44. The molecule has 0 aliphatic rings. The standard InChI is InChI=1S/C12H15N3O2/c1-9(16)13-5-6-15-8-14-11-4-3-10(17-2)7-12(11)15/h3-4,7-8H,5-6H2,1-2H3,(H,13,16). The minimum Gasteiger partial charge on any atom is -0.497 e. The molecule has 0 saturated heterocycles. The largest absolute Gasteiger partial charge is 0.497 e. The summed E-state index contributed by atoms with van der Waals surface area (Å²) >= 11 is 0. The Morgan fingerprint density at radius 1 is 1.53 bits per heavy atom. The van der Waals surface area contributed by atoms with Crippen molar-refractivity contribution in [3.05, 3.63) is 24.5 Å². The topological polar surface area (TPSA) is 56.1 Å². The van der Waals surface area contributed by atoms with Crippen LogP contribution in [-0.4, -0.2) is 29.1 Å². The highest BCUT2D eigenvalue weighted by atomic mass is 16.5. The van der Waals surface area contributed by atoms with E-state index in [-0.39, 0.29) is 5.91 Å². The van der Waals surface area contributed by atoms with E-state index < -0.39 is 0 Å². The number of aromatic nitrogens is 2. The highest BCUT2D eigenvalue weighted by molar-refractivity contribution is 5.77. The van der Waals surface area contributed by atoms with Gasteiger partial charge in [0.1, 0.15) is 5.75 Å². The molecule has 0 bridgehead atoms. The summed E-state index contributed by atoms with van der Waals surface area (Å²) in [6.45, 7) is 2.80. The van der Waals surface area contributed by atoms with Crippen LogP contribution in [0.4, 0.5) is 0 Å². The second kappa shape index (κ2) is 4.86. The molecule has 5 heteroatoms. The van der Waals surface area contributed by atoms with Gasteiger partial charge in [0.05, 0.1) is 24.5 Å². The van der Waals surface area contributed by atoms with E-state index in [9.17, 15) is 4.79 Å². The van der Waals surface area contributed by atoms with E-state index >= 15 is 0 Å². The second-order valence-corrected chi connectivity index (χ2v) is 3.78. The molecule has 0 radical (unpaired) electrons.